The summed E-state index contributed by atoms with van der Waals surface area (Å²) in [6, 6.07) is 0.473. The topological polar surface area (TPSA) is 38.0 Å². The van der Waals surface area contributed by atoms with Crippen LogP contribution in [0, 0.1) is 5.92 Å². The van der Waals surface area contributed by atoms with Gasteiger partial charge in [-0.25, -0.2) is 0 Å². The molecular weight excluding hydrogens is 148 g/mol. The van der Waals surface area contributed by atoms with E-state index in [1.807, 2.05) is 7.05 Å². The van der Waals surface area contributed by atoms with Gasteiger partial charge in [-0.1, -0.05) is 12.8 Å². The highest BCUT2D eigenvalue weighted by Crippen LogP contribution is 2.28. The van der Waals surface area contributed by atoms with E-state index in [2.05, 4.69) is 5.32 Å². The molecule has 0 aromatic carbocycles. The lowest BCUT2D eigenvalue weighted by molar-refractivity contribution is 0.400. The second-order valence-corrected chi connectivity index (χ2v) is 3.95. The van der Waals surface area contributed by atoms with Crippen LogP contribution in [0.1, 0.15) is 38.5 Å². The third kappa shape index (κ3) is 3.11. The molecule has 0 radical (unpaired) electrons. The molecule has 0 spiro atoms. The Balaban J connectivity index is 2.05. The highest BCUT2D eigenvalue weighted by Gasteiger charge is 2.20. The van der Waals surface area contributed by atoms with E-state index in [0.717, 1.165) is 12.5 Å². The van der Waals surface area contributed by atoms with Crippen molar-refractivity contribution in [1.29, 1.82) is 0 Å². The Morgan fingerprint density at radius 1 is 1.42 bits per heavy atom. The lowest BCUT2D eigenvalue weighted by Crippen LogP contribution is -2.29. The van der Waals surface area contributed by atoms with Crippen LogP contribution in [0.4, 0.5) is 0 Å². The minimum atomic E-state index is 0.473. The summed E-state index contributed by atoms with van der Waals surface area (Å²) in [7, 11) is 2.00. The fourth-order valence-corrected chi connectivity index (χ4v) is 2.14. The van der Waals surface area contributed by atoms with Gasteiger partial charge < -0.3 is 11.1 Å². The molecule has 1 aliphatic carbocycles. The van der Waals surface area contributed by atoms with Gasteiger partial charge in [0.2, 0.25) is 0 Å². The largest absolute Gasteiger partial charge is 0.327 e. The first kappa shape index (κ1) is 10.0. The van der Waals surface area contributed by atoms with E-state index in [-0.39, 0.29) is 0 Å². The van der Waals surface area contributed by atoms with E-state index in [0.29, 0.717) is 6.04 Å². The van der Waals surface area contributed by atoms with Crippen molar-refractivity contribution in [1.82, 2.24) is 5.32 Å². The molecule has 2 heteroatoms. The standard InChI is InChI=1S/C10H22N2/c1-12-8-4-7-10(11)9-5-2-3-6-9/h9-10,12H,2-8,11H2,1H3. The van der Waals surface area contributed by atoms with E-state index >= 15 is 0 Å². The summed E-state index contributed by atoms with van der Waals surface area (Å²) in [5.41, 5.74) is 6.09. The van der Waals surface area contributed by atoms with Gasteiger partial charge in [0.1, 0.15) is 0 Å². The normalized spacial score (nSPS) is 21.5. The first-order valence-corrected chi connectivity index (χ1v) is 5.24. The summed E-state index contributed by atoms with van der Waals surface area (Å²) in [6.07, 6.45) is 8.00. The number of nitrogens with one attached hydrogen (secondary N) is 1. The Kier molecular flexibility index (Phi) is 4.62. The maximum Gasteiger partial charge on any atom is 0.00676 e. The molecule has 0 aliphatic heterocycles. The number of hydrogen-bond donors (Lipinski definition) is 2. The van der Waals surface area contributed by atoms with Crippen LogP contribution in [0.5, 0.6) is 0 Å². The molecule has 1 aliphatic rings. The lowest BCUT2D eigenvalue weighted by atomic mass is 9.95. The summed E-state index contributed by atoms with van der Waals surface area (Å²) < 4.78 is 0. The minimum absolute atomic E-state index is 0.473. The van der Waals surface area contributed by atoms with Gasteiger partial charge in [0.05, 0.1) is 0 Å². The molecule has 0 bridgehead atoms. The van der Waals surface area contributed by atoms with Crippen LogP contribution >= 0.6 is 0 Å². The molecule has 0 saturated heterocycles. The molecule has 0 heterocycles. The summed E-state index contributed by atoms with van der Waals surface area (Å²) in [4.78, 5) is 0. The van der Waals surface area contributed by atoms with Crippen LogP contribution in [0.15, 0.2) is 0 Å². The molecule has 72 valence electrons. The molecule has 0 amide bonds. The van der Waals surface area contributed by atoms with Crippen molar-refractivity contribution in [3.63, 3.8) is 0 Å². The molecule has 3 N–H and O–H groups in total. The van der Waals surface area contributed by atoms with Crippen LogP contribution in [0.2, 0.25) is 0 Å². The van der Waals surface area contributed by atoms with Gasteiger partial charge in [-0.3, -0.25) is 0 Å². The molecule has 0 aromatic rings. The number of nitrogens with two attached hydrogens (primary N) is 1. The van der Waals surface area contributed by atoms with Crippen molar-refractivity contribution >= 4 is 0 Å². The first-order valence-electron chi connectivity index (χ1n) is 5.24. The van der Waals surface area contributed by atoms with Crippen molar-refractivity contribution in [3.8, 4) is 0 Å². The molecule has 1 fully saturated rings. The molecular formula is C10H22N2. The average molecular weight is 170 g/mol. The molecule has 1 saturated carbocycles. The smallest absolute Gasteiger partial charge is 0.00676 e. The Hall–Kier alpha value is -0.0800. The predicted molar refractivity (Wildman–Crippen MR) is 53.1 cm³/mol. The molecule has 0 aromatic heterocycles. The number of hydrogen-bond acceptors (Lipinski definition) is 2. The van der Waals surface area contributed by atoms with Gasteiger partial charge in [-0.05, 0) is 45.2 Å². The van der Waals surface area contributed by atoms with Gasteiger partial charge >= 0.3 is 0 Å². The Morgan fingerprint density at radius 2 is 2.08 bits per heavy atom. The van der Waals surface area contributed by atoms with E-state index in [1.165, 1.54) is 38.5 Å². The van der Waals surface area contributed by atoms with Crippen LogP contribution in [-0.2, 0) is 0 Å². The zero-order valence-electron chi connectivity index (χ0n) is 8.18. The molecule has 12 heavy (non-hydrogen) atoms. The van der Waals surface area contributed by atoms with Gasteiger partial charge in [-0.15, -0.1) is 0 Å². The molecule has 2 nitrogen and oxygen atoms in total. The van der Waals surface area contributed by atoms with Crippen LogP contribution in [0.3, 0.4) is 0 Å². The van der Waals surface area contributed by atoms with Crippen LogP contribution < -0.4 is 11.1 Å². The highest BCUT2D eigenvalue weighted by molar-refractivity contribution is 4.77. The van der Waals surface area contributed by atoms with Gasteiger partial charge in [0, 0.05) is 6.04 Å². The van der Waals surface area contributed by atoms with E-state index in [1.54, 1.807) is 0 Å². The highest BCUT2D eigenvalue weighted by atomic mass is 14.8. The van der Waals surface area contributed by atoms with Crippen molar-refractivity contribution < 1.29 is 0 Å². The monoisotopic (exact) mass is 170 g/mol. The fourth-order valence-electron chi connectivity index (χ4n) is 2.14. The van der Waals surface area contributed by atoms with Gasteiger partial charge in [-0.2, -0.15) is 0 Å². The van der Waals surface area contributed by atoms with E-state index in [4.69, 9.17) is 5.73 Å². The molecule has 1 atom stereocenters. The summed E-state index contributed by atoms with van der Waals surface area (Å²) >= 11 is 0. The second kappa shape index (κ2) is 5.55. The van der Waals surface area contributed by atoms with Crippen molar-refractivity contribution in [2.45, 2.75) is 44.6 Å². The van der Waals surface area contributed by atoms with Crippen LogP contribution in [-0.4, -0.2) is 19.6 Å². The maximum atomic E-state index is 6.09. The molecule has 1 rings (SSSR count). The second-order valence-electron chi connectivity index (χ2n) is 3.95. The van der Waals surface area contributed by atoms with E-state index in [9.17, 15) is 0 Å². The maximum absolute atomic E-state index is 6.09. The SMILES string of the molecule is CNCCCC(N)C1CCCC1. The van der Waals surface area contributed by atoms with Crippen LogP contribution in [0.25, 0.3) is 0 Å². The lowest BCUT2D eigenvalue weighted by Gasteiger charge is -2.18. The third-order valence-electron chi connectivity index (χ3n) is 2.97. The minimum Gasteiger partial charge on any atom is -0.327 e. The fraction of sp³-hybridized carbons (Fsp3) is 1.00. The quantitative estimate of drug-likeness (QED) is 0.614. The van der Waals surface area contributed by atoms with Crippen molar-refractivity contribution in [2.24, 2.45) is 11.7 Å². The average Bonchev–Trinajstić information content (AvgIpc) is 2.56. The summed E-state index contributed by atoms with van der Waals surface area (Å²) in [6.45, 7) is 1.11. The summed E-state index contributed by atoms with van der Waals surface area (Å²) in [5, 5.41) is 3.16. The summed E-state index contributed by atoms with van der Waals surface area (Å²) in [5.74, 6) is 0.835. The van der Waals surface area contributed by atoms with Crippen molar-refractivity contribution in [3.05, 3.63) is 0 Å². The van der Waals surface area contributed by atoms with E-state index < -0.39 is 0 Å². The molecule has 1 unspecified atom stereocenters. The Morgan fingerprint density at radius 3 is 2.67 bits per heavy atom. The predicted octanol–water partition coefficient (Wildman–Crippen LogP) is 1.50. The van der Waals surface area contributed by atoms with Gasteiger partial charge in [0.15, 0.2) is 0 Å². The zero-order valence-corrected chi connectivity index (χ0v) is 8.18. The Bertz CT molecular complexity index is 108. The van der Waals surface area contributed by atoms with Crippen molar-refractivity contribution in [2.75, 3.05) is 13.6 Å². The first-order chi connectivity index (χ1) is 5.84. The zero-order chi connectivity index (χ0) is 8.81. The third-order valence-corrected chi connectivity index (χ3v) is 2.97. The Labute approximate surface area is 75.9 Å². The van der Waals surface area contributed by atoms with Gasteiger partial charge in [0.25, 0.3) is 0 Å². The number of rotatable bonds is 5.